The lowest BCUT2D eigenvalue weighted by Gasteiger charge is -2.46. The molecule has 0 bridgehead atoms. The minimum Gasteiger partial charge on any atom is -0.318 e. The van der Waals surface area contributed by atoms with Crippen LogP contribution in [0.4, 0.5) is 0 Å². The third-order valence-electron chi connectivity index (χ3n) is 3.22. The first-order valence-corrected chi connectivity index (χ1v) is 5.54. The first kappa shape index (κ1) is 12.0. The zero-order valence-corrected chi connectivity index (χ0v) is 10.2. The topological polar surface area (TPSA) is 27.3 Å². The zero-order valence-electron chi connectivity index (χ0n) is 10.2. The summed E-state index contributed by atoms with van der Waals surface area (Å²) in [7, 11) is 4.27. The molecule has 3 nitrogen and oxygen atoms in total. The molecule has 0 spiro atoms. The Balaban J connectivity index is 2.61. The number of piperazine rings is 1. The van der Waals surface area contributed by atoms with Gasteiger partial charge in [-0.05, 0) is 19.5 Å². The van der Waals surface area contributed by atoms with E-state index in [4.69, 9.17) is 0 Å². The van der Waals surface area contributed by atoms with Crippen LogP contribution in [0.25, 0.3) is 0 Å². The molecular formula is C11H25N3. The van der Waals surface area contributed by atoms with Crippen molar-refractivity contribution < 1.29 is 0 Å². The van der Waals surface area contributed by atoms with Crippen molar-refractivity contribution >= 4 is 0 Å². The second-order valence-corrected chi connectivity index (χ2v) is 5.42. The van der Waals surface area contributed by atoms with Gasteiger partial charge >= 0.3 is 0 Å². The minimum atomic E-state index is 0.355. The molecule has 0 aromatic rings. The van der Waals surface area contributed by atoms with Crippen LogP contribution in [0.3, 0.4) is 0 Å². The maximum Gasteiger partial charge on any atom is 0.0345 e. The van der Waals surface area contributed by atoms with Gasteiger partial charge in [-0.25, -0.2) is 0 Å². The predicted molar refractivity (Wildman–Crippen MR) is 61.6 cm³/mol. The fourth-order valence-electron chi connectivity index (χ4n) is 2.30. The van der Waals surface area contributed by atoms with Crippen molar-refractivity contribution in [1.82, 2.24) is 15.5 Å². The zero-order chi connectivity index (χ0) is 10.8. The third-order valence-corrected chi connectivity index (χ3v) is 3.22. The van der Waals surface area contributed by atoms with E-state index >= 15 is 0 Å². The van der Waals surface area contributed by atoms with E-state index in [2.05, 4.69) is 43.4 Å². The van der Waals surface area contributed by atoms with Crippen LogP contribution in [0, 0.1) is 5.41 Å². The molecule has 0 aromatic heterocycles. The van der Waals surface area contributed by atoms with Gasteiger partial charge in [-0.15, -0.1) is 0 Å². The van der Waals surface area contributed by atoms with E-state index in [-0.39, 0.29) is 0 Å². The standard InChI is InChI=1S/C11H25N3/c1-11(2,3)10-8-13-7-9(6-12-4)14(10)5/h9-10,12-13H,6-8H2,1-5H3. The van der Waals surface area contributed by atoms with Crippen LogP contribution in [0.5, 0.6) is 0 Å². The fraction of sp³-hybridized carbons (Fsp3) is 1.00. The van der Waals surface area contributed by atoms with Crippen molar-refractivity contribution in [1.29, 1.82) is 0 Å². The molecule has 2 atom stereocenters. The van der Waals surface area contributed by atoms with E-state index in [1.165, 1.54) is 0 Å². The molecule has 1 saturated heterocycles. The van der Waals surface area contributed by atoms with Gasteiger partial charge in [0.25, 0.3) is 0 Å². The molecule has 1 fully saturated rings. The Bertz CT molecular complexity index is 172. The Kier molecular flexibility index (Phi) is 3.93. The molecule has 0 aromatic carbocycles. The SMILES string of the molecule is CNCC1CNCC(C(C)(C)C)N1C. The average Bonchev–Trinajstić information content (AvgIpc) is 2.07. The smallest absolute Gasteiger partial charge is 0.0345 e. The van der Waals surface area contributed by atoms with E-state index in [1.807, 2.05) is 7.05 Å². The molecule has 3 heteroatoms. The lowest BCUT2D eigenvalue weighted by molar-refractivity contribution is 0.0557. The monoisotopic (exact) mass is 199 g/mol. The van der Waals surface area contributed by atoms with Gasteiger partial charge in [-0.2, -0.15) is 0 Å². The molecule has 0 aliphatic carbocycles. The van der Waals surface area contributed by atoms with E-state index in [9.17, 15) is 0 Å². The normalized spacial score (nSPS) is 30.6. The minimum absolute atomic E-state index is 0.355. The number of likely N-dealkylation sites (N-methyl/N-ethyl adjacent to an activating group) is 2. The molecule has 84 valence electrons. The van der Waals surface area contributed by atoms with E-state index in [1.54, 1.807) is 0 Å². The van der Waals surface area contributed by atoms with Gasteiger partial charge in [0.05, 0.1) is 0 Å². The predicted octanol–water partition coefficient (Wildman–Crippen LogP) is 0.524. The summed E-state index contributed by atoms with van der Waals surface area (Å²) in [6, 6.07) is 1.26. The molecule has 14 heavy (non-hydrogen) atoms. The van der Waals surface area contributed by atoms with Gasteiger partial charge in [0.15, 0.2) is 0 Å². The molecule has 1 rings (SSSR count). The summed E-state index contributed by atoms with van der Waals surface area (Å²) in [6.45, 7) is 10.2. The van der Waals surface area contributed by atoms with Crippen LogP contribution in [0.2, 0.25) is 0 Å². The lowest BCUT2D eigenvalue weighted by Crippen LogP contribution is -2.61. The van der Waals surface area contributed by atoms with Gasteiger partial charge in [0.2, 0.25) is 0 Å². The summed E-state index contributed by atoms with van der Waals surface area (Å²) in [5.41, 5.74) is 0.355. The average molecular weight is 199 g/mol. The van der Waals surface area contributed by atoms with Crippen LogP contribution in [-0.4, -0.2) is 50.7 Å². The number of hydrogen-bond acceptors (Lipinski definition) is 3. The third kappa shape index (κ3) is 2.69. The Morgan fingerprint density at radius 2 is 2.00 bits per heavy atom. The molecule has 0 amide bonds. The summed E-state index contributed by atoms with van der Waals surface area (Å²) < 4.78 is 0. The summed E-state index contributed by atoms with van der Waals surface area (Å²) >= 11 is 0. The van der Waals surface area contributed by atoms with Crippen molar-refractivity contribution in [3.8, 4) is 0 Å². The van der Waals surface area contributed by atoms with Crippen molar-refractivity contribution in [3.63, 3.8) is 0 Å². The maximum absolute atomic E-state index is 3.53. The van der Waals surface area contributed by atoms with Crippen LogP contribution >= 0.6 is 0 Å². The van der Waals surface area contributed by atoms with Crippen LogP contribution in [0.15, 0.2) is 0 Å². The summed E-state index contributed by atoms with van der Waals surface area (Å²) in [5.74, 6) is 0. The molecule has 0 saturated carbocycles. The number of nitrogens with zero attached hydrogens (tertiary/aromatic N) is 1. The second-order valence-electron chi connectivity index (χ2n) is 5.42. The Labute approximate surface area is 88.2 Å². The largest absolute Gasteiger partial charge is 0.318 e. The van der Waals surface area contributed by atoms with Crippen LogP contribution < -0.4 is 10.6 Å². The van der Waals surface area contributed by atoms with Gasteiger partial charge in [0.1, 0.15) is 0 Å². The van der Waals surface area contributed by atoms with E-state index < -0.39 is 0 Å². The maximum atomic E-state index is 3.53. The Morgan fingerprint density at radius 1 is 1.36 bits per heavy atom. The lowest BCUT2D eigenvalue weighted by atomic mass is 9.84. The molecule has 2 unspecified atom stereocenters. The molecule has 1 aliphatic heterocycles. The molecular weight excluding hydrogens is 174 g/mol. The molecule has 1 heterocycles. The Morgan fingerprint density at radius 3 is 2.50 bits per heavy atom. The van der Waals surface area contributed by atoms with Crippen molar-refractivity contribution in [3.05, 3.63) is 0 Å². The summed E-state index contributed by atoms with van der Waals surface area (Å²) in [6.07, 6.45) is 0. The van der Waals surface area contributed by atoms with E-state index in [0.29, 0.717) is 17.5 Å². The molecule has 1 aliphatic rings. The fourth-order valence-corrected chi connectivity index (χ4v) is 2.30. The quantitative estimate of drug-likeness (QED) is 0.679. The highest BCUT2D eigenvalue weighted by atomic mass is 15.2. The number of nitrogens with one attached hydrogen (secondary N) is 2. The van der Waals surface area contributed by atoms with E-state index in [0.717, 1.165) is 19.6 Å². The summed E-state index contributed by atoms with van der Waals surface area (Å²) in [5, 5.41) is 6.78. The van der Waals surface area contributed by atoms with Gasteiger partial charge < -0.3 is 10.6 Å². The summed E-state index contributed by atoms with van der Waals surface area (Å²) in [4.78, 5) is 2.52. The van der Waals surface area contributed by atoms with Gasteiger partial charge in [-0.1, -0.05) is 20.8 Å². The first-order valence-electron chi connectivity index (χ1n) is 5.54. The van der Waals surface area contributed by atoms with Crippen LogP contribution in [-0.2, 0) is 0 Å². The second kappa shape index (κ2) is 4.60. The highest BCUT2D eigenvalue weighted by molar-refractivity contribution is 4.92. The number of rotatable bonds is 2. The molecule has 2 N–H and O–H groups in total. The van der Waals surface area contributed by atoms with Crippen LogP contribution in [0.1, 0.15) is 20.8 Å². The number of hydrogen-bond donors (Lipinski definition) is 2. The Hall–Kier alpha value is -0.120. The van der Waals surface area contributed by atoms with Gasteiger partial charge in [-0.3, -0.25) is 4.90 Å². The highest BCUT2D eigenvalue weighted by Gasteiger charge is 2.34. The first-order chi connectivity index (χ1) is 6.46. The van der Waals surface area contributed by atoms with Crippen molar-refractivity contribution in [2.75, 3.05) is 33.7 Å². The molecule has 0 radical (unpaired) electrons. The highest BCUT2D eigenvalue weighted by Crippen LogP contribution is 2.25. The van der Waals surface area contributed by atoms with Gasteiger partial charge in [0, 0.05) is 31.7 Å². The van der Waals surface area contributed by atoms with Crippen molar-refractivity contribution in [2.24, 2.45) is 5.41 Å². The van der Waals surface area contributed by atoms with Crippen molar-refractivity contribution in [2.45, 2.75) is 32.9 Å².